The van der Waals surface area contributed by atoms with Crippen LogP contribution < -0.4 is 4.74 Å². The highest BCUT2D eigenvalue weighted by Crippen LogP contribution is 2.38. The molecule has 2 atom stereocenters. The van der Waals surface area contributed by atoms with Crippen LogP contribution in [0.1, 0.15) is 27.2 Å². The van der Waals surface area contributed by atoms with Crippen molar-refractivity contribution in [2.45, 2.75) is 57.5 Å². The molecule has 0 fully saturated rings. The van der Waals surface area contributed by atoms with Crippen LogP contribution in [0.25, 0.3) is 10.4 Å². The molecule has 0 aliphatic carbocycles. The summed E-state index contributed by atoms with van der Waals surface area (Å²) < 4.78 is 43.1. The van der Waals surface area contributed by atoms with E-state index in [-0.39, 0.29) is 23.8 Å². The normalized spacial score (nSPS) is 14.0. The highest BCUT2D eigenvalue weighted by atomic mass is 28.4. The van der Waals surface area contributed by atoms with Gasteiger partial charge in [0.25, 0.3) is 0 Å². The number of hydrogen-bond acceptors (Lipinski definition) is 5. The lowest BCUT2D eigenvalue weighted by molar-refractivity contribution is -0.142. The van der Waals surface area contributed by atoms with Crippen LogP contribution in [0.2, 0.25) is 18.1 Å². The summed E-state index contributed by atoms with van der Waals surface area (Å²) in [5.41, 5.74) is 8.94. The molecule has 0 aliphatic heterocycles. The Morgan fingerprint density at radius 1 is 1.25 bits per heavy atom. The topological polar surface area (TPSA) is 93.5 Å². The highest BCUT2D eigenvalue weighted by molar-refractivity contribution is 6.74. The van der Waals surface area contributed by atoms with Gasteiger partial charge in [-0.3, -0.25) is 4.79 Å². The molecule has 0 spiro atoms. The predicted molar refractivity (Wildman–Crippen MR) is 103 cm³/mol. The van der Waals surface area contributed by atoms with E-state index in [1.54, 1.807) is 0 Å². The number of carbonyl (C=O) groups excluding carboxylic acids is 1. The summed E-state index contributed by atoms with van der Waals surface area (Å²) in [4.78, 5) is 14.7. The number of carbonyl (C=O) groups is 1. The molecule has 7 nitrogen and oxygen atoms in total. The summed E-state index contributed by atoms with van der Waals surface area (Å²) in [6, 6.07) is 1.85. The number of methoxy groups -OCH3 is 1. The minimum atomic E-state index is -2.33. The number of hydrogen-bond donors (Lipinski definition) is 0. The van der Waals surface area contributed by atoms with Crippen molar-refractivity contribution in [1.29, 1.82) is 0 Å². The van der Waals surface area contributed by atoms with E-state index >= 15 is 0 Å². The van der Waals surface area contributed by atoms with Gasteiger partial charge in [-0.2, -0.15) is 0 Å². The minimum absolute atomic E-state index is 0.0558. The van der Waals surface area contributed by atoms with Crippen LogP contribution in [0.3, 0.4) is 0 Å². The summed E-state index contributed by atoms with van der Waals surface area (Å²) in [5.74, 6) is -2.17. The number of nitrogens with zero attached hydrogens (tertiary/aromatic N) is 3. The second kappa shape index (κ2) is 9.86. The average Bonchev–Trinajstić information content (AvgIpc) is 2.55. The van der Waals surface area contributed by atoms with E-state index in [4.69, 9.17) is 19.4 Å². The standard InChI is InChI=1S/C18H27F2N3O4Si/c1-18(2,3)28(5,6)27-16(10-17(24)25-4)15(22-23-21)11-26-14-8-12(19)7-13(20)9-14/h7-9,15-16H,10-11H2,1-6H3. The van der Waals surface area contributed by atoms with Gasteiger partial charge in [0.15, 0.2) is 8.32 Å². The van der Waals surface area contributed by atoms with Gasteiger partial charge in [-0.15, -0.1) is 0 Å². The van der Waals surface area contributed by atoms with Gasteiger partial charge in [-0.1, -0.05) is 25.9 Å². The van der Waals surface area contributed by atoms with Crippen LogP contribution in [0.4, 0.5) is 8.78 Å². The number of halogens is 2. The van der Waals surface area contributed by atoms with Crippen molar-refractivity contribution in [3.05, 3.63) is 40.3 Å². The highest BCUT2D eigenvalue weighted by Gasteiger charge is 2.41. The quantitative estimate of drug-likeness (QED) is 0.187. The van der Waals surface area contributed by atoms with Crippen molar-refractivity contribution < 1.29 is 27.5 Å². The fourth-order valence-electron chi connectivity index (χ4n) is 2.13. The van der Waals surface area contributed by atoms with E-state index in [0.717, 1.165) is 18.2 Å². The Balaban J connectivity index is 3.08. The van der Waals surface area contributed by atoms with Gasteiger partial charge < -0.3 is 13.9 Å². The van der Waals surface area contributed by atoms with Crippen molar-refractivity contribution in [3.63, 3.8) is 0 Å². The molecule has 28 heavy (non-hydrogen) atoms. The molecule has 1 aromatic rings. The molecule has 1 rings (SSSR count). The monoisotopic (exact) mass is 415 g/mol. The molecule has 2 unspecified atom stereocenters. The molecular weight excluding hydrogens is 388 g/mol. The van der Waals surface area contributed by atoms with E-state index < -0.39 is 38.1 Å². The van der Waals surface area contributed by atoms with E-state index in [0.29, 0.717) is 0 Å². The maximum atomic E-state index is 13.3. The maximum Gasteiger partial charge on any atom is 0.308 e. The SMILES string of the molecule is COC(=O)CC(O[Si](C)(C)C(C)(C)C)C(COc1cc(F)cc(F)c1)N=[N+]=[N-]. The van der Waals surface area contributed by atoms with Crippen LogP contribution in [0.15, 0.2) is 23.3 Å². The first-order valence-electron chi connectivity index (χ1n) is 8.77. The molecule has 0 heterocycles. The van der Waals surface area contributed by atoms with Gasteiger partial charge in [0.2, 0.25) is 0 Å². The summed E-state index contributed by atoms with van der Waals surface area (Å²) in [6.07, 6.45) is -0.948. The lowest BCUT2D eigenvalue weighted by Gasteiger charge is -2.40. The van der Waals surface area contributed by atoms with Gasteiger partial charge in [-0.05, 0) is 23.7 Å². The summed E-state index contributed by atoms with van der Waals surface area (Å²) >= 11 is 0. The maximum absolute atomic E-state index is 13.3. The zero-order valence-electron chi connectivity index (χ0n) is 17.0. The summed E-state index contributed by atoms with van der Waals surface area (Å²) in [7, 11) is -1.08. The number of azide groups is 1. The third kappa shape index (κ3) is 7.10. The van der Waals surface area contributed by atoms with Crippen molar-refractivity contribution in [2.75, 3.05) is 13.7 Å². The molecule has 0 aromatic heterocycles. The lowest BCUT2D eigenvalue weighted by atomic mass is 10.1. The summed E-state index contributed by atoms with van der Waals surface area (Å²) in [6.45, 7) is 9.86. The molecule has 0 radical (unpaired) electrons. The van der Waals surface area contributed by atoms with E-state index in [9.17, 15) is 13.6 Å². The van der Waals surface area contributed by atoms with Crippen LogP contribution in [0, 0.1) is 11.6 Å². The largest absolute Gasteiger partial charge is 0.493 e. The first-order valence-corrected chi connectivity index (χ1v) is 11.7. The van der Waals surface area contributed by atoms with E-state index in [1.807, 2.05) is 33.9 Å². The second-order valence-corrected chi connectivity index (χ2v) is 12.6. The number of esters is 1. The lowest BCUT2D eigenvalue weighted by Crippen LogP contribution is -2.48. The van der Waals surface area contributed by atoms with Crippen molar-refractivity contribution >= 4 is 14.3 Å². The van der Waals surface area contributed by atoms with Gasteiger partial charge in [0.05, 0.1) is 32.3 Å². The van der Waals surface area contributed by atoms with E-state index in [2.05, 4.69) is 10.0 Å². The van der Waals surface area contributed by atoms with Gasteiger partial charge in [-0.25, -0.2) is 8.78 Å². The third-order valence-corrected chi connectivity index (χ3v) is 9.24. The molecule has 10 heteroatoms. The molecular formula is C18H27F2N3O4Si. The van der Waals surface area contributed by atoms with Gasteiger partial charge in [0, 0.05) is 23.1 Å². The Labute approximate surface area is 164 Å². The Hall–Kier alpha value is -2.16. The van der Waals surface area contributed by atoms with Crippen molar-refractivity contribution in [3.8, 4) is 5.75 Å². The van der Waals surface area contributed by atoms with Gasteiger partial charge in [0.1, 0.15) is 17.4 Å². The van der Waals surface area contributed by atoms with Gasteiger partial charge >= 0.3 is 5.97 Å². The minimum Gasteiger partial charge on any atom is -0.493 e. The number of benzene rings is 1. The average molecular weight is 416 g/mol. The first kappa shape index (κ1) is 23.9. The van der Waals surface area contributed by atoms with Crippen molar-refractivity contribution in [2.24, 2.45) is 5.11 Å². The molecule has 1 aromatic carbocycles. The first-order chi connectivity index (χ1) is 12.9. The summed E-state index contributed by atoms with van der Waals surface area (Å²) in [5, 5.41) is 3.54. The van der Waals surface area contributed by atoms with E-state index in [1.165, 1.54) is 7.11 Å². The van der Waals surface area contributed by atoms with Crippen LogP contribution >= 0.6 is 0 Å². The van der Waals surface area contributed by atoms with Crippen LogP contribution in [-0.4, -0.2) is 40.1 Å². The Morgan fingerprint density at radius 3 is 2.29 bits per heavy atom. The molecule has 0 saturated carbocycles. The molecule has 0 amide bonds. The van der Waals surface area contributed by atoms with Crippen LogP contribution in [-0.2, 0) is 14.0 Å². The second-order valence-electron chi connectivity index (χ2n) is 7.89. The molecule has 0 N–H and O–H groups in total. The smallest absolute Gasteiger partial charge is 0.308 e. The molecule has 156 valence electrons. The zero-order valence-corrected chi connectivity index (χ0v) is 18.0. The Kier molecular flexibility index (Phi) is 8.41. The van der Waals surface area contributed by atoms with Crippen LogP contribution in [0.5, 0.6) is 5.75 Å². The third-order valence-electron chi connectivity index (χ3n) is 4.73. The fraction of sp³-hybridized carbons (Fsp3) is 0.611. The number of rotatable bonds is 9. The fourth-order valence-corrected chi connectivity index (χ4v) is 3.48. The number of ether oxygens (including phenoxy) is 2. The van der Waals surface area contributed by atoms with Crippen molar-refractivity contribution in [1.82, 2.24) is 0 Å². The molecule has 0 aliphatic rings. The Morgan fingerprint density at radius 2 is 1.82 bits per heavy atom. The molecule has 0 bridgehead atoms. The molecule has 0 saturated heterocycles. The predicted octanol–water partition coefficient (Wildman–Crippen LogP) is 4.98. The Bertz CT molecular complexity index is 714. The zero-order chi connectivity index (χ0) is 21.5.